The maximum atomic E-state index is 13.4. The minimum Gasteiger partial charge on any atom is -0.484 e. The Morgan fingerprint density at radius 2 is 1.64 bits per heavy atom. The van der Waals surface area contributed by atoms with Gasteiger partial charge in [0.25, 0.3) is 5.91 Å². The van der Waals surface area contributed by atoms with Gasteiger partial charge in [0.1, 0.15) is 11.8 Å². The van der Waals surface area contributed by atoms with Crippen molar-refractivity contribution in [2.24, 2.45) is 0 Å². The number of ether oxygens (including phenoxy) is 1. The molecule has 0 unspecified atom stereocenters. The fourth-order valence-electron chi connectivity index (χ4n) is 3.39. The highest BCUT2D eigenvalue weighted by molar-refractivity contribution is 14.1. The van der Waals surface area contributed by atoms with Crippen molar-refractivity contribution in [3.8, 4) is 5.75 Å². The summed E-state index contributed by atoms with van der Waals surface area (Å²) in [5, 5.41) is 3.49. The average Bonchev–Trinajstić information content (AvgIpc) is 2.82. The van der Waals surface area contributed by atoms with Crippen molar-refractivity contribution >= 4 is 46.0 Å². The number of hydrogen-bond donors (Lipinski definition) is 1. The van der Waals surface area contributed by atoms with E-state index in [0.717, 1.165) is 14.7 Å². The second kappa shape index (κ2) is 12.6. The highest BCUT2D eigenvalue weighted by Crippen LogP contribution is 2.18. The Balaban J connectivity index is 1.87. The van der Waals surface area contributed by atoms with Crippen LogP contribution < -0.4 is 10.1 Å². The van der Waals surface area contributed by atoms with Crippen LogP contribution in [-0.4, -0.2) is 35.9 Å². The Hall–Kier alpha value is -2.58. The third-order valence-electron chi connectivity index (χ3n) is 5.06. The summed E-state index contributed by atoms with van der Waals surface area (Å²) in [6.07, 6.45) is 0.398. The Morgan fingerprint density at radius 1 is 0.970 bits per heavy atom. The van der Waals surface area contributed by atoms with E-state index < -0.39 is 6.04 Å². The molecule has 0 aliphatic rings. The summed E-state index contributed by atoms with van der Waals surface area (Å²) in [4.78, 5) is 28.1. The van der Waals surface area contributed by atoms with Crippen LogP contribution in [0.3, 0.4) is 0 Å². The van der Waals surface area contributed by atoms with Crippen molar-refractivity contribution in [3.63, 3.8) is 0 Å². The van der Waals surface area contributed by atoms with Crippen molar-refractivity contribution in [2.45, 2.75) is 25.9 Å². The maximum Gasteiger partial charge on any atom is 0.261 e. The molecule has 0 spiro atoms. The second-order valence-corrected chi connectivity index (χ2v) is 9.17. The molecule has 0 aromatic heterocycles. The summed E-state index contributed by atoms with van der Waals surface area (Å²) in [5.41, 5.74) is 1.85. The molecule has 3 aromatic rings. The Kier molecular flexibility index (Phi) is 9.57. The van der Waals surface area contributed by atoms with E-state index in [2.05, 4.69) is 27.9 Å². The molecule has 3 aromatic carbocycles. The first-order valence-corrected chi connectivity index (χ1v) is 12.2. The van der Waals surface area contributed by atoms with Gasteiger partial charge in [-0.05, 0) is 77.0 Å². The lowest BCUT2D eigenvalue weighted by Gasteiger charge is -2.31. The smallest absolute Gasteiger partial charge is 0.261 e. The van der Waals surface area contributed by atoms with Crippen LogP contribution in [0.5, 0.6) is 5.75 Å². The number of benzene rings is 3. The third-order valence-corrected chi connectivity index (χ3v) is 6.04. The quantitative estimate of drug-likeness (QED) is 0.342. The van der Waals surface area contributed by atoms with E-state index in [9.17, 15) is 9.59 Å². The van der Waals surface area contributed by atoms with E-state index in [1.165, 1.54) is 0 Å². The molecule has 0 saturated carbocycles. The first kappa shape index (κ1) is 25.1. The summed E-state index contributed by atoms with van der Waals surface area (Å²) in [7, 11) is 0. The minimum atomic E-state index is -0.684. The molecule has 0 bridgehead atoms. The number of carbonyl (C=O) groups excluding carboxylic acids is 2. The van der Waals surface area contributed by atoms with Gasteiger partial charge in [0.05, 0.1) is 0 Å². The fraction of sp³-hybridized carbons (Fsp3) is 0.231. The first-order chi connectivity index (χ1) is 16.0. The van der Waals surface area contributed by atoms with Crippen molar-refractivity contribution in [1.82, 2.24) is 10.2 Å². The summed E-state index contributed by atoms with van der Waals surface area (Å²) < 4.78 is 6.83. The van der Waals surface area contributed by atoms with Gasteiger partial charge < -0.3 is 15.0 Å². The topological polar surface area (TPSA) is 58.6 Å². The third kappa shape index (κ3) is 7.75. The molecule has 0 saturated heterocycles. The summed E-state index contributed by atoms with van der Waals surface area (Å²) in [5.74, 6) is 0.140. The van der Waals surface area contributed by atoms with Gasteiger partial charge >= 0.3 is 0 Å². The van der Waals surface area contributed by atoms with Crippen molar-refractivity contribution in [2.75, 3.05) is 13.2 Å². The van der Waals surface area contributed by atoms with Crippen molar-refractivity contribution in [3.05, 3.63) is 98.6 Å². The van der Waals surface area contributed by atoms with Crippen molar-refractivity contribution in [1.29, 1.82) is 0 Å². The molecule has 1 N–H and O–H groups in total. The van der Waals surface area contributed by atoms with E-state index in [1.807, 2.05) is 73.7 Å². The van der Waals surface area contributed by atoms with Crippen molar-refractivity contribution < 1.29 is 14.3 Å². The van der Waals surface area contributed by atoms with Gasteiger partial charge in [0, 0.05) is 28.1 Å². The number of hydrogen-bond acceptors (Lipinski definition) is 3. The highest BCUT2D eigenvalue weighted by Gasteiger charge is 2.30. The molecule has 3 rings (SSSR count). The molecule has 0 radical (unpaired) electrons. The van der Waals surface area contributed by atoms with Crippen LogP contribution in [0.15, 0.2) is 78.9 Å². The van der Waals surface area contributed by atoms with E-state index in [-0.39, 0.29) is 25.0 Å². The molecule has 33 heavy (non-hydrogen) atoms. The molecule has 1 atom stereocenters. The van der Waals surface area contributed by atoms with Crippen LogP contribution in [0, 0.1) is 3.57 Å². The second-order valence-electron chi connectivity index (χ2n) is 7.49. The van der Waals surface area contributed by atoms with Crippen LogP contribution in [0.2, 0.25) is 5.02 Å². The van der Waals surface area contributed by atoms with Crippen LogP contribution in [0.1, 0.15) is 18.1 Å². The van der Waals surface area contributed by atoms with Gasteiger partial charge in [0.2, 0.25) is 5.91 Å². The molecule has 172 valence electrons. The standard InChI is InChI=1S/C26H26ClIN2O3/c1-2-29-26(32)24(16-19-6-4-3-5-7-19)30(17-20-8-10-21(27)11-9-20)25(31)18-33-23-14-12-22(28)13-15-23/h3-15,24H,2,16-18H2,1H3,(H,29,32)/t24-/m0/s1. The molecule has 2 amide bonds. The van der Waals surface area contributed by atoms with Crippen LogP contribution in [0.25, 0.3) is 0 Å². The zero-order valence-electron chi connectivity index (χ0n) is 18.3. The fourth-order valence-corrected chi connectivity index (χ4v) is 3.88. The monoisotopic (exact) mass is 576 g/mol. The summed E-state index contributed by atoms with van der Waals surface area (Å²) in [6.45, 7) is 2.44. The van der Waals surface area contributed by atoms with Gasteiger partial charge in [-0.1, -0.05) is 54.1 Å². The number of carbonyl (C=O) groups is 2. The maximum absolute atomic E-state index is 13.4. The van der Waals surface area contributed by atoms with E-state index in [0.29, 0.717) is 23.7 Å². The van der Waals surface area contributed by atoms with E-state index in [4.69, 9.17) is 16.3 Å². The van der Waals surface area contributed by atoms with Crippen LogP contribution in [-0.2, 0) is 22.6 Å². The van der Waals surface area contributed by atoms with Gasteiger partial charge in [-0.15, -0.1) is 0 Å². The zero-order chi connectivity index (χ0) is 23.6. The number of rotatable bonds is 10. The van der Waals surface area contributed by atoms with Gasteiger partial charge in [-0.25, -0.2) is 0 Å². The van der Waals surface area contributed by atoms with Crippen LogP contribution >= 0.6 is 34.2 Å². The lowest BCUT2D eigenvalue weighted by atomic mass is 10.0. The Morgan fingerprint density at radius 3 is 2.27 bits per heavy atom. The van der Waals surface area contributed by atoms with E-state index in [1.54, 1.807) is 17.0 Å². The van der Waals surface area contributed by atoms with Crippen LogP contribution in [0.4, 0.5) is 0 Å². The van der Waals surface area contributed by atoms with Gasteiger partial charge in [0.15, 0.2) is 6.61 Å². The molecule has 7 heteroatoms. The number of nitrogens with one attached hydrogen (secondary N) is 1. The Bertz CT molecular complexity index is 1040. The lowest BCUT2D eigenvalue weighted by molar-refractivity contribution is -0.142. The predicted octanol–water partition coefficient (Wildman–Crippen LogP) is 5.10. The summed E-state index contributed by atoms with van der Waals surface area (Å²) >= 11 is 8.25. The van der Waals surface area contributed by atoms with E-state index >= 15 is 0 Å². The Labute approximate surface area is 213 Å². The summed E-state index contributed by atoms with van der Waals surface area (Å²) in [6, 6.07) is 23.8. The normalized spacial score (nSPS) is 11.5. The average molecular weight is 577 g/mol. The zero-order valence-corrected chi connectivity index (χ0v) is 21.3. The first-order valence-electron chi connectivity index (χ1n) is 10.7. The number of likely N-dealkylation sites (N-methyl/N-ethyl adjacent to an activating group) is 1. The molecule has 0 aliphatic heterocycles. The molecule has 0 heterocycles. The largest absolute Gasteiger partial charge is 0.484 e. The van der Waals surface area contributed by atoms with Gasteiger partial charge in [-0.3, -0.25) is 9.59 Å². The number of nitrogens with zero attached hydrogens (tertiary/aromatic N) is 1. The van der Waals surface area contributed by atoms with Gasteiger partial charge in [-0.2, -0.15) is 0 Å². The predicted molar refractivity (Wildman–Crippen MR) is 139 cm³/mol. The molecule has 0 fully saturated rings. The lowest BCUT2D eigenvalue weighted by Crippen LogP contribution is -2.51. The minimum absolute atomic E-state index is 0.168. The highest BCUT2D eigenvalue weighted by atomic mass is 127. The molecular formula is C26H26ClIN2O3. The SMILES string of the molecule is CCNC(=O)[C@H](Cc1ccccc1)N(Cc1ccc(Cl)cc1)C(=O)COc1ccc(I)cc1. The molecule has 0 aliphatic carbocycles. The number of halogens is 2. The number of amides is 2. The molecular weight excluding hydrogens is 551 g/mol. The molecule has 5 nitrogen and oxygen atoms in total.